The maximum absolute atomic E-state index is 12.0. The summed E-state index contributed by atoms with van der Waals surface area (Å²) in [7, 11) is 0. The molecule has 0 radical (unpaired) electrons. The highest BCUT2D eigenvalue weighted by molar-refractivity contribution is 5.84. The molecule has 3 atom stereocenters. The Balaban J connectivity index is 2.12. The van der Waals surface area contributed by atoms with E-state index < -0.39 is 23.8 Å². The lowest BCUT2D eigenvalue weighted by atomic mass is 10.0. The van der Waals surface area contributed by atoms with E-state index in [4.69, 9.17) is 4.74 Å². The highest BCUT2D eigenvalue weighted by Gasteiger charge is 2.49. The fourth-order valence-electron chi connectivity index (χ4n) is 2.60. The molecule has 0 aliphatic carbocycles. The zero-order valence-electron chi connectivity index (χ0n) is 10.5. The van der Waals surface area contributed by atoms with Crippen LogP contribution in [-0.2, 0) is 9.53 Å². The molecule has 1 amide bonds. The van der Waals surface area contributed by atoms with Gasteiger partial charge in [-0.3, -0.25) is 9.69 Å². The van der Waals surface area contributed by atoms with Gasteiger partial charge in [0.2, 0.25) is 0 Å². The van der Waals surface area contributed by atoms with Crippen molar-refractivity contribution in [3.63, 3.8) is 0 Å². The Morgan fingerprint density at radius 2 is 2.06 bits per heavy atom. The Bertz CT molecular complexity index is 347. The van der Waals surface area contributed by atoms with Gasteiger partial charge in [-0.1, -0.05) is 0 Å². The van der Waals surface area contributed by atoms with E-state index in [0.717, 1.165) is 0 Å². The normalized spacial score (nSPS) is 32.8. The molecule has 5 nitrogen and oxygen atoms in total. The molecule has 2 aliphatic heterocycles. The Labute approximate surface area is 101 Å². The maximum Gasteiger partial charge on any atom is 0.410 e. The minimum Gasteiger partial charge on any atom is -0.444 e. The van der Waals surface area contributed by atoms with E-state index in [9.17, 15) is 14.7 Å². The summed E-state index contributed by atoms with van der Waals surface area (Å²) in [5.41, 5.74) is -0.553. The summed E-state index contributed by atoms with van der Waals surface area (Å²) in [6, 6.07) is -0.581. The lowest BCUT2D eigenvalue weighted by Crippen LogP contribution is -2.50. The van der Waals surface area contributed by atoms with E-state index in [1.807, 2.05) is 0 Å². The number of carbonyl (C=O) groups excluding carboxylic acids is 2. The number of ether oxygens (including phenoxy) is 1. The van der Waals surface area contributed by atoms with Crippen molar-refractivity contribution in [2.45, 2.75) is 63.8 Å². The van der Waals surface area contributed by atoms with Gasteiger partial charge in [-0.25, -0.2) is 4.79 Å². The smallest absolute Gasteiger partial charge is 0.410 e. The largest absolute Gasteiger partial charge is 0.444 e. The molecule has 2 heterocycles. The van der Waals surface area contributed by atoms with Crippen LogP contribution in [0.1, 0.15) is 40.0 Å². The first-order valence-corrected chi connectivity index (χ1v) is 5.99. The van der Waals surface area contributed by atoms with Gasteiger partial charge in [0.15, 0.2) is 0 Å². The van der Waals surface area contributed by atoms with E-state index >= 15 is 0 Å². The molecule has 0 aromatic heterocycles. The minimum absolute atomic E-state index is 0.122. The first-order chi connectivity index (χ1) is 7.78. The van der Waals surface area contributed by atoms with Gasteiger partial charge in [0.05, 0.1) is 12.1 Å². The summed E-state index contributed by atoms with van der Waals surface area (Å²) in [6.45, 7) is 5.41. The molecule has 2 bridgehead atoms. The van der Waals surface area contributed by atoms with Gasteiger partial charge in [-0.2, -0.15) is 0 Å². The summed E-state index contributed by atoms with van der Waals surface area (Å²) >= 11 is 0. The van der Waals surface area contributed by atoms with E-state index in [2.05, 4.69) is 0 Å². The van der Waals surface area contributed by atoms with Crippen molar-refractivity contribution in [1.29, 1.82) is 0 Å². The molecule has 0 aromatic rings. The summed E-state index contributed by atoms with van der Waals surface area (Å²) in [5.74, 6) is 0.122. The van der Waals surface area contributed by atoms with Crippen LogP contribution in [0.4, 0.5) is 4.79 Å². The molecule has 2 fully saturated rings. The second-order valence-corrected chi connectivity index (χ2v) is 5.86. The van der Waals surface area contributed by atoms with Gasteiger partial charge in [0.25, 0.3) is 0 Å². The lowest BCUT2D eigenvalue weighted by molar-refractivity contribution is -0.123. The van der Waals surface area contributed by atoms with E-state index in [0.29, 0.717) is 12.8 Å². The van der Waals surface area contributed by atoms with Crippen molar-refractivity contribution in [2.24, 2.45) is 0 Å². The number of piperidine rings is 1. The fraction of sp³-hybridized carbons (Fsp3) is 0.833. The first-order valence-electron chi connectivity index (χ1n) is 5.99. The first kappa shape index (κ1) is 12.4. The number of aliphatic hydroxyl groups excluding tert-OH is 1. The van der Waals surface area contributed by atoms with Gasteiger partial charge < -0.3 is 9.84 Å². The number of hydrogen-bond donors (Lipinski definition) is 1. The van der Waals surface area contributed by atoms with Gasteiger partial charge in [0.1, 0.15) is 11.4 Å². The van der Waals surface area contributed by atoms with E-state index in [1.54, 1.807) is 25.7 Å². The number of Topliss-reactive ketones (excluding diaryl/α,β-unsaturated/α-hetero) is 1. The Morgan fingerprint density at radius 3 is 2.59 bits per heavy atom. The van der Waals surface area contributed by atoms with Crippen molar-refractivity contribution in [2.75, 3.05) is 0 Å². The van der Waals surface area contributed by atoms with Crippen molar-refractivity contribution in [1.82, 2.24) is 4.90 Å². The molecule has 2 saturated heterocycles. The molecule has 1 N–H and O–H groups in total. The van der Waals surface area contributed by atoms with Gasteiger partial charge >= 0.3 is 6.09 Å². The number of nitrogens with zero attached hydrogens (tertiary/aromatic N) is 1. The monoisotopic (exact) mass is 241 g/mol. The van der Waals surface area contributed by atoms with Gasteiger partial charge in [0, 0.05) is 18.9 Å². The third-order valence-corrected chi connectivity index (χ3v) is 3.21. The summed E-state index contributed by atoms with van der Waals surface area (Å²) in [5, 5.41) is 9.83. The molecule has 0 saturated carbocycles. The van der Waals surface area contributed by atoms with Gasteiger partial charge in [-0.15, -0.1) is 0 Å². The number of ketones is 1. The molecule has 0 spiro atoms. The number of fused-ring (bicyclic) bond motifs is 2. The van der Waals surface area contributed by atoms with E-state index in [-0.39, 0.29) is 18.2 Å². The Kier molecular flexibility index (Phi) is 2.89. The van der Waals surface area contributed by atoms with Crippen LogP contribution in [0.2, 0.25) is 0 Å². The van der Waals surface area contributed by atoms with Crippen LogP contribution in [0, 0.1) is 0 Å². The molecule has 5 heteroatoms. The van der Waals surface area contributed by atoms with Crippen molar-refractivity contribution in [3.05, 3.63) is 0 Å². The van der Waals surface area contributed by atoms with Crippen LogP contribution >= 0.6 is 0 Å². The molecule has 17 heavy (non-hydrogen) atoms. The number of carbonyl (C=O) groups is 2. The SMILES string of the molecule is CC(C)(C)OC(=O)N1C2CC(=O)CC1C(O)C2. The summed E-state index contributed by atoms with van der Waals surface area (Å²) < 4.78 is 5.31. The average Bonchev–Trinajstić information content (AvgIpc) is 2.32. The third-order valence-electron chi connectivity index (χ3n) is 3.21. The quantitative estimate of drug-likeness (QED) is 0.689. The molecule has 2 rings (SSSR count). The molecule has 2 aliphatic rings. The van der Waals surface area contributed by atoms with Gasteiger partial charge in [-0.05, 0) is 27.2 Å². The van der Waals surface area contributed by atoms with Crippen LogP contribution in [0.25, 0.3) is 0 Å². The van der Waals surface area contributed by atoms with Crippen LogP contribution in [0.5, 0.6) is 0 Å². The van der Waals surface area contributed by atoms with Crippen molar-refractivity contribution in [3.8, 4) is 0 Å². The molecule has 0 aromatic carbocycles. The highest BCUT2D eigenvalue weighted by atomic mass is 16.6. The minimum atomic E-state index is -0.598. The average molecular weight is 241 g/mol. The standard InChI is InChI=1S/C12H19NO4/c1-12(2,3)17-11(16)13-7-4-8(14)6-9(13)10(15)5-7/h7,9-10,15H,4-6H2,1-3H3. The molecular weight excluding hydrogens is 222 g/mol. The van der Waals surface area contributed by atoms with Crippen molar-refractivity contribution < 1.29 is 19.4 Å². The third kappa shape index (κ3) is 2.44. The predicted molar refractivity (Wildman–Crippen MR) is 60.5 cm³/mol. The second-order valence-electron chi connectivity index (χ2n) is 5.86. The van der Waals surface area contributed by atoms with Crippen LogP contribution in [-0.4, -0.2) is 45.7 Å². The number of hydrogen-bond acceptors (Lipinski definition) is 4. The van der Waals surface area contributed by atoms with Crippen LogP contribution in [0.3, 0.4) is 0 Å². The summed E-state index contributed by atoms with van der Waals surface area (Å²) in [6.07, 6.45) is 0.0508. The zero-order valence-corrected chi connectivity index (χ0v) is 10.5. The molecule has 96 valence electrons. The Morgan fingerprint density at radius 1 is 1.41 bits per heavy atom. The van der Waals surface area contributed by atoms with Crippen molar-refractivity contribution >= 4 is 11.9 Å². The van der Waals surface area contributed by atoms with Crippen LogP contribution in [0.15, 0.2) is 0 Å². The highest BCUT2D eigenvalue weighted by Crippen LogP contribution is 2.35. The number of amides is 1. The van der Waals surface area contributed by atoms with E-state index in [1.165, 1.54) is 0 Å². The molecular formula is C12H19NO4. The fourth-order valence-corrected chi connectivity index (χ4v) is 2.60. The Hall–Kier alpha value is -1.10. The zero-order chi connectivity index (χ0) is 12.8. The molecule has 3 unspecified atom stereocenters. The predicted octanol–water partition coefficient (Wildman–Crippen LogP) is 1.09. The lowest BCUT2D eigenvalue weighted by Gasteiger charge is -2.35. The van der Waals surface area contributed by atoms with Crippen LogP contribution < -0.4 is 0 Å². The second kappa shape index (κ2) is 3.98. The maximum atomic E-state index is 12.0. The number of aliphatic hydroxyl groups is 1. The topological polar surface area (TPSA) is 66.8 Å². The number of rotatable bonds is 0. The summed E-state index contributed by atoms with van der Waals surface area (Å²) in [4.78, 5) is 25.0.